The third kappa shape index (κ3) is 6.46. The van der Waals surface area contributed by atoms with Gasteiger partial charge >= 0.3 is 6.03 Å². The highest BCUT2D eigenvalue weighted by Gasteiger charge is 2.34. The van der Waals surface area contributed by atoms with Crippen molar-refractivity contribution in [2.45, 2.75) is 52.6 Å². The van der Waals surface area contributed by atoms with Crippen LogP contribution in [0, 0.1) is 13.8 Å². The van der Waals surface area contributed by atoms with E-state index in [4.69, 9.17) is 16.3 Å². The van der Waals surface area contributed by atoms with Gasteiger partial charge in [0.1, 0.15) is 18.9 Å². The van der Waals surface area contributed by atoms with Gasteiger partial charge in [-0.2, -0.15) is 0 Å². The first-order valence-corrected chi connectivity index (χ1v) is 13.9. The number of amides is 3. The first kappa shape index (κ1) is 27.0. The zero-order chi connectivity index (χ0) is 26.5. The minimum Gasteiger partial charge on any atom is -0.491 e. The topological polar surface area (TPSA) is 61.9 Å². The summed E-state index contributed by atoms with van der Waals surface area (Å²) in [4.78, 5) is 31.7. The highest BCUT2D eigenvalue weighted by molar-refractivity contribution is 7.10. The van der Waals surface area contributed by atoms with Gasteiger partial charge in [0.2, 0.25) is 5.91 Å². The molecule has 1 N–H and O–H groups in total. The first-order chi connectivity index (χ1) is 17.8. The number of anilines is 1. The van der Waals surface area contributed by atoms with Crippen LogP contribution in [0.5, 0.6) is 5.75 Å². The van der Waals surface area contributed by atoms with E-state index in [9.17, 15) is 9.59 Å². The number of rotatable bonds is 8. The molecule has 3 aromatic rings. The summed E-state index contributed by atoms with van der Waals surface area (Å²) in [6.07, 6.45) is 1.54. The third-order valence-corrected chi connectivity index (χ3v) is 8.37. The fraction of sp³-hybridized carbons (Fsp3) is 0.379. The van der Waals surface area contributed by atoms with Crippen LogP contribution in [-0.4, -0.2) is 47.5 Å². The predicted molar refractivity (Wildman–Crippen MR) is 151 cm³/mol. The van der Waals surface area contributed by atoms with Crippen LogP contribution < -0.4 is 10.1 Å². The Kier molecular flexibility index (Phi) is 8.77. The lowest BCUT2D eigenvalue weighted by Gasteiger charge is -2.38. The summed E-state index contributed by atoms with van der Waals surface area (Å²) in [6.45, 7) is 8.85. The molecule has 0 saturated heterocycles. The monoisotopic (exact) mass is 539 g/mol. The van der Waals surface area contributed by atoms with Crippen molar-refractivity contribution < 1.29 is 14.3 Å². The van der Waals surface area contributed by atoms with E-state index in [-0.39, 0.29) is 30.6 Å². The number of fused-ring (bicyclic) bond motifs is 1. The molecule has 2 aromatic carbocycles. The maximum Gasteiger partial charge on any atom is 0.322 e. The minimum absolute atomic E-state index is 0.00270. The molecule has 1 aromatic heterocycles. The number of carbonyl (C=O) groups is 2. The van der Waals surface area contributed by atoms with Gasteiger partial charge in [-0.15, -0.1) is 11.3 Å². The summed E-state index contributed by atoms with van der Waals surface area (Å²) in [5.74, 6) is 0.632. The van der Waals surface area contributed by atoms with Crippen molar-refractivity contribution in [3.05, 3.63) is 80.5 Å². The number of thiophene rings is 1. The molecule has 37 heavy (non-hydrogen) atoms. The number of carbonyl (C=O) groups excluding carboxylic acids is 2. The fourth-order valence-corrected chi connectivity index (χ4v) is 5.52. The second kappa shape index (κ2) is 12.0. The molecule has 0 radical (unpaired) electrons. The van der Waals surface area contributed by atoms with Gasteiger partial charge in [0.25, 0.3) is 0 Å². The maximum absolute atomic E-state index is 13.7. The number of hydrogen-bond donors (Lipinski definition) is 1. The van der Waals surface area contributed by atoms with Gasteiger partial charge in [-0.05, 0) is 86.5 Å². The number of ether oxygens (including phenoxy) is 1. The quantitative estimate of drug-likeness (QED) is 0.340. The Morgan fingerprint density at radius 3 is 2.65 bits per heavy atom. The van der Waals surface area contributed by atoms with Gasteiger partial charge in [-0.25, -0.2) is 4.79 Å². The van der Waals surface area contributed by atoms with E-state index in [0.717, 1.165) is 35.3 Å². The Morgan fingerprint density at radius 2 is 1.95 bits per heavy atom. The number of urea groups is 1. The summed E-state index contributed by atoms with van der Waals surface area (Å²) in [7, 11) is 0. The van der Waals surface area contributed by atoms with E-state index in [0.29, 0.717) is 23.9 Å². The van der Waals surface area contributed by atoms with Crippen LogP contribution in [-0.2, 0) is 11.2 Å². The Labute approximate surface area is 228 Å². The number of halogens is 1. The Hall–Kier alpha value is -3.03. The van der Waals surface area contributed by atoms with E-state index in [2.05, 4.69) is 16.8 Å². The molecular weight excluding hydrogens is 506 g/mol. The Morgan fingerprint density at radius 1 is 1.19 bits per heavy atom. The predicted octanol–water partition coefficient (Wildman–Crippen LogP) is 6.86. The van der Waals surface area contributed by atoms with Crippen molar-refractivity contribution in [2.24, 2.45) is 0 Å². The van der Waals surface area contributed by atoms with Crippen LogP contribution in [0.15, 0.2) is 53.9 Å². The summed E-state index contributed by atoms with van der Waals surface area (Å²) < 4.78 is 6.16. The van der Waals surface area contributed by atoms with Crippen molar-refractivity contribution in [1.82, 2.24) is 9.80 Å². The van der Waals surface area contributed by atoms with E-state index in [1.165, 1.54) is 4.88 Å². The molecule has 3 amide bonds. The van der Waals surface area contributed by atoms with E-state index in [1.54, 1.807) is 16.2 Å². The third-order valence-electron chi connectivity index (χ3n) is 6.94. The van der Waals surface area contributed by atoms with Gasteiger partial charge < -0.3 is 19.9 Å². The molecule has 0 spiro atoms. The summed E-state index contributed by atoms with van der Waals surface area (Å²) in [5, 5.41) is 5.71. The van der Waals surface area contributed by atoms with Gasteiger partial charge in [0.05, 0.1) is 6.04 Å². The zero-order valence-corrected chi connectivity index (χ0v) is 23.4. The highest BCUT2D eigenvalue weighted by Crippen LogP contribution is 2.34. The van der Waals surface area contributed by atoms with Crippen molar-refractivity contribution in [3.63, 3.8) is 0 Å². The Balaban J connectivity index is 1.51. The van der Waals surface area contributed by atoms with Crippen molar-refractivity contribution in [2.75, 3.05) is 25.0 Å². The minimum atomic E-state index is -0.274. The normalized spacial score (nSPS) is 15.6. The zero-order valence-electron chi connectivity index (χ0n) is 21.8. The smallest absolute Gasteiger partial charge is 0.322 e. The average Bonchev–Trinajstić information content (AvgIpc) is 3.37. The SMILES string of the molecule is CC[C@H](C)N(CC(=O)N1CCc2sccc2[C@H]1COc1ccc(Cl)c(C)c1)C(=O)Nc1ccc(C)cc1. The molecule has 4 rings (SSSR count). The van der Waals surface area contributed by atoms with Gasteiger partial charge in [-0.3, -0.25) is 4.79 Å². The number of benzene rings is 2. The molecule has 0 saturated carbocycles. The summed E-state index contributed by atoms with van der Waals surface area (Å²) in [6, 6.07) is 14.7. The highest BCUT2D eigenvalue weighted by atomic mass is 35.5. The molecular formula is C29H34ClN3O3S. The Bertz CT molecular complexity index is 1240. The molecule has 1 aliphatic heterocycles. The van der Waals surface area contributed by atoms with Crippen molar-refractivity contribution in [1.29, 1.82) is 0 Å². The van der Waals surface area contributed by atoms with Crippen LogP contribution in [0.25, 0.3) is 0 Å². The molecule has 2 atom stereocenters. The van der Waals surface area contributed by atoms with Crippen LogP contribution in [0.4, 0.5) is 10.5 Å². The standard InChI is InChI=1S/C29H34ClN3O3S/c1-5-21(4)33(29(35)31-22-8-6-19(2)7-9-22)17-28(34)32-14-12-27-24(13-15-37-27)26(32)18-36-23-10-11-25(30)20(3)16-23/h6-11,13,15-16,21,26H,5,12,14,17-18H2,1-4H3,(H,31,35)/t21-,26+/m0/s1. The van der Waals surface area contributed by atoms with Crippen LogP contribution in [0.2, 0.25) is 5.02 Å². The molecule has 0 aliphatic carbocycles. The molecule has 1 aliphatic rings. The molecule has 6 nitrogen and oxygen atoms in total. The lowest BCUT2D eigenvalue weighted by molar-refractivity contribution is -0.135. The van der Waals surface area contributed by atoms with E-state index >= 15 is 0 Å². The molecule has 0 unspecified atom stereocenters. The fourth-order valence-electron chi connectivity index (χ4n) is 4.47. The van der Waals surface area contributed by atoms with Crippen LogP contribution in [0.3, 0.4) is 0 Å². The number of aryl methyl sites for hydroxylation is 2. The van der Waals surface area contributed by atoms with E-state index in [1.807, 2.05) is 75.1 Å². The van der Waals surface area contributed by atoms with Gasteiger partial charge in [0, 0.05) is 28.2 Å². The lowest BCUT2D eigenvalue weighted by atomic mass is 10.00. The summed E-state index contributed by atoms with van der Waals surface area (Å²) >= 11 is 7.88. The molecule has 0 fully saturated rings. The number of nitrogens with one attached hydrogen (secondary N) is 1. The molecule has 2 heterocycles. The van der Waals surface area contributed by atoms with E-state index < -0.39 is 0 Å². The number of hydrogen-bond acceptors (Lipinski definition) is 4. The van der Waals surface area contributed by atoms with Crippen LogP contribution in [0.1, 0.15) is 47.9 Å². The van der Waals surface area contributed by atoms with Crippen LogP contribution >= 0.6 is 22.9 Å². The maximum atomic E-state index is 13.7. The second-order valence-electron chi connectivity index (χ2n) is 9.56. The van der Waals surface area contributed by atoms with Gasteiger partial charge in [0.15, 0.2) is 0 Å². The summed E-state index contributed by atoms with van der Waals surface area (Å²) in [5.41, 5.74) is 3.89. The lowest BCUT2D eigenvalue weighted by Crippen LogP contribution is -2.50. The first-order valence-electron chi connectivity index (χ1n) is 12.7. The molecule has 0 bridgehead atoms. The average molecular weight is 540 g/mol. The van der Waals surface area contributed by atoms with Gasteiger partial charge in [-0.1, -0.05) is 36.2 Å². The second-order valence-corrected chi connectivity index (χ2v) is 11.0. The largest absolute Gasteiger partial charge is 0.491 e. The molecule has 196 valence electrons. The van der Waals surface area contributed by atoms with Crippen molar-refractivity contribution >= 4 is 40.6 Å². The molecule has 8 heteroatoms. The number of nitrogens with zero attached hydrogens (tertiary/aromatic N) is 2. The van der Waals surface area contributed by atoms with Crippen molar-refractivity contribution in [3.8, 4) is 5.75 Å².